The minimum atomic E-state index is -0.648. The predicted molar refractivity (Wildman–Crippen MR) is 93.9 cm³/mol. The lowest BCUT2D eigenvalue weighted by Gasteiger charge is -2.23. The minimum absolute atomic E-state index is 0.160. The van der Waals surface area contributed by atoms with Crippen LogP contribution < -0.4 is 5.73 Å². The number of hydrogen-bond donors (Lipinski definition) is 1. The fourth-order valence-corrected chi connectivity index (χ4v) is 3.19. The molecule has 1 saturated heterocycles. The van der Waals surface area contributed by atoms with Crippen LogP contribution in [0.25, 0.3) is 11.1 Å². The zero-order chi connectivity index (χ0) is 17.8. The van der Waals surface area contributed by atoms with Gasteiger partial charge in [0.2, 0.25) is 5.91 Å². The molecule has 0 aromatic heterocycles. The number of nitrogens with zero attached hydrogens (tertiary/aromatic N) is 2. The molecule has 1 heterocycles. The molecule has 4 nitrogen and oxygen atoms in total. The Morgan fingerprint density at radius 1 is 1.20 bits per heavy atom. The molecule has 0 bridgehead atoms. The van der Waals surface area contributed by atoms with E-state index >= 15 is 0 Å². The molecule has 1 aliphatic heterocycles. The SMILES string of the molecule is N#C[C@@H]1CCCN1C(=O)[C@@H](N)Cc1ccc(-c2ccc(F)cc2)cc1. The highest BCUT2D eigenvalue weighted by atomic mass is 19.1. The summed E-state index contributed by atoms with van der Waals surface area (Å²) in [6.07, 6.45) is 2.00. The van der Waals surface area contributed by atoms with Crippen molar-refractivity contribution in [1.82, 2.24) is 4.90 Å². The van der Waals surface area contributed by atoms with Crippen molar-refractivity contribution < 1.29 is 9.18 Å². The number of nitriles is 1. The Kier molecular flexibility index (Phi) is 5.11. The van der Waals surface area contributed by atoms with Gasteiger partial charge in [0.25, 0.3) is 0 Å². The molecule has 2 aromatic rings. The van der Waals surface area contributed by atoms with E-state index < -0.39 is 6.04 Å². The van der Waals surface area contributed by atoms with Crippen molar-refractivity contribution in [2.45, 2.75) is 31.3 Å². The lowest BCUT2D eigenvalue weighted by molar-refractivity contribution is -0.132. The highest BCUT2D eigenvalue weighted by molar-refractivity contribution is 5.83. The van der Waals surface area contributed by atoms with E-state index in [1.807, 2.05) is 24.3 Å². The molecule has 0 spiro atoms. The van der Waals surface area contributed by atoms with Gasteiger partial charge in [-0.15, -0.1) is 0 Å². The number of likely N-dealkylation sites (tertiary alicyclic amines) is 1. The molecule has 1 fully saturated rings. The molecule has 0 aliphatic carbocycles. The number of nitrogens with two attached hydrogens (primary N) is 1. The van der Waals surface area contributed by atoms with Gasteiger partial charge >= 0.3 is 0 Å². The van der Waals surface area contributed by atoms with Crippen molar-refractivity contribution in [2.75, 3.05) is 6.54 Å². The molecule has 0 saturated carbocycles. The molecule has 2 N–H and O–H groups in total. The molecule has 5 heteroatoms. The van der Waals surface area contributed by atoms with E-state index in [0.29, 0.717) is 13.0 Å². The monoisotopic (exact) mass is 337 g/mol. The minimum Gasteiger partial charge on any atom is -0.325 e. The van der Waals surface area contributed by atoms with Crippen LogP contribution in [0.2, 0.25) is 0 Å². The first-order valence-electron chi connectivity index (χ1n) is 8.39. The first-order chi connectivity index (χ1) is 12.1. The normalized spacial score (nSPS) is 18.0. The second-order valence-electron chi connectivity index (χ2n) is 6.33. The van der Waals surface area contributed by atoms with Crippen LogP contribution in [0, 0.1) is 17.1 Å². The number of carbonyl (C=O) groups excluding carboxylic acids is 1. The molecule has 0 unspecified atom stereocenters. The van der Waals surface area contributed by atoms with Crippen molar-refractivity contribution in [3.63, 3.8) is 0 Å². The number of benzene rings is 2. The Bertz CT molecular complexity index is 780. The quantitative estimate of drug-likeness (QED) is 0.932. The van der Waals surface area contributed by atoms with Gasteiger partial charge in [-0.1, -0.05) is 36.4 Å². The molecule has 0 radical (unpaired) electrons. The molecule has 2 aromatic carbocycles. The predicted octanol–water partition coefficient (Wildman–Crippen LogP) is 2.88. The Morgan fingerprint density at radius 2 is 1.80 bits per heavy atom. The standard InChI is InChI=1S/C20H20FN3O/c21-17-9-7-16(8-10-17)15-5-3-14(4-6-15)12-19(23)20(25)24-11-1-2-18(24)13-22/h3-10,18-19H,1-2,11-12,23H2/t18-,19-/m0/s1. The van der Waals surface area contributed by atoms with E-state index in [9.17, 15) is 9.18 Å². The van der Waals surface area contributed by atoms with Gasteiger partial charge in [0, 0.05) is 6.54 Å². The summed E-state index contributed by atoms with van der Waals surface area (Å²) in [6, 6.07) is 15.2. The first kappa shape index (κ1) is 17.1. The van der Waals surface area contributed by atoms with Crippen LogP contribution in [0.3, 0.4) is 0 Å². The highest BCUT2D eigenvalue weighted by Gasteiger charge is 2.31. The summed E-state index contributed by atoms with van der Waals surface area (Å²) in [7, 11) is 0. The second-order valence-corrected chi connectivity index (χ2v) is 6.33. The van der Waals surface area contributed by atoms with Crippen molar-refractivity contribution in [3.8, 4) is 17.2 Å². The third-order valence-corrected chi connectivity index (χ3v) is 4.59. The van der Waals surface area contributed by atoms with Gasteiger partial charge in [0.15, 0.2) is 0 Å². The van der Waals surface area contributed by atoms with Gasteiger partial charge in [0.1, 0.15) is 11.9 Å². The maximum absolute atomic E-state index is 13.0. The van der Waals surface area contributed by atoms with E-state index in [1.54, 1.807) is 17.0 Å². The number of carbonyl (C=O) groups is 1. The van der Waals surface area contributed by atoms with Gasteiger partial charge < -0.3 is 10.6 Å². The van der Waals surface area contributed by atoms with Gasteiger partial charge in [-0.05, 0) is 48.1 Å². The molecule has 3 rings (SSSR count). The summed E-state index contributed by atoms with van der Waals surface area (Å²) in [6.45, 7) is 0.605. The van der Waals surface area contributed by atoms with E-state index in [1.165, 1.54) is 12.1 Å². The summed E-state index contributed by atoms with van der Waals surface area (Å²) in [5.74, 6) is -0.422. The largest absolute Gasteiger partial charge is 0.325 e. The topological polar surface area (TPSA) is 70.1 Å². The van der Waals surface area contributed by atoms with Crippen molar-refractivity contribution in [2.24, 2.45) is 5.73 Å². The molecule has 25 heavy (non-hydrogen) atoms. The van der Waals surface area contributed by atoms with Crippen LogP contribution in [0.15, 0.2) is 48.5 Å². The zero-order valence-electron chi connectivity index (χ0n) is 13.9. The average molecular weight is 337 g/mol. The van der Waals surface area contributed by atoms with Crippen molar-refractivity contribution >= 4 is 5.91 Å². The zero-order valence-corrected chi connectivity index (χ0v) is 13.9. The highest BCUT2D eigenvalue weighted by Crippen LogP contribution is 2.21. The third kappa shape index (κ3) is 3.86. The number of halogens is 1. The smallest absolute Gasteiger partial charge is 0.240 e. The summed E-state index contributed by atoms with van der Waals surface area (Å²) in [5.41, 5.74) is 8.94. The number of rotatable bonds is 4. The fraction of sp³-hybridized carbons (Fsp3) is 0.300. The van der Waals surface area contributed by atoms with Crippen LogP contribution in [-0.2, 0) is 11.2 Å². The van der Waals surface area contributed by atoms with E-state index in [-0.39, 0.29) is 17.8 Å². The number of hydrogen-bond acceptors (Lipinski definition) is 3. The molecule has 128 valence electrons. The van der Waals surface area contributed by atoms with Crippen molar-refractivity contribution in [1.29, 1.82) is 5.26 Å². The second kappa shape index (κ2) is 7.45. The van der Waals surface area contributed by atoms with Gasteiger partial charge in [-0.3, -0.25) is 4.79 Å². The fourth-order valence-electron chi connectivity index (χ4n) is 3.19. The lowest BCUT2D eigenvalue weighted by Crippen LogP contribution is -2.46. The lowest BCUT2D eigenvalue weighted by atomic mass is 10.0. The molecule has 1 amide bonds. The molecule has 1 aliphatic rings. The maximum atomic E-state index is 13.0. The van der Waals surface area contributed by atoms with Crippen LogP contribution >= 0.6 is 0 Å². The Balaban J connectivity index is 1.66. The Morgan fingerprint density at radius 3 is 2.40 bits per heavy atom. The van der Waals surface area contributed by atoms with Crippen LogP contribution in [0.4, 0.5) is 4.39 Å². The number of amides is 1. The maximum Gasteiger partial charge on any atom is 0.240 e. The van der Waals surface area contributed by atoms with Gasteiger partial charge in [-0.2, -0.15) is 5.26 Å². The third-order valence-electron chi connectivity index (χ3n) is 4.59. The molecule has 2 atom stereocenters. The van der Waals surface area contributed by atoms with E-state index in [2.05, 4.69) is 6.07 Å². The Hall–Kier alpha value is -2.71. The van der Waals surface area contributed by atoms with Gasteiger partial charge in [-0.25, -0.2) is 4.39 Å². The van der Waals surface area contributed by atoms with Gasteiger partial charge in [0.05, 0.1) is 12.1 Å². The summed E-state index contributed by atoms with van der Waals surface area (Å²) in [4.78, 5) is 14.0. The van der Waals surface area contributed by atoms with E-state index in [0.717, 1.165) is 29.5 Å². The van der Waals surface area contributed by atoms with Crippen LogP contribution in [0.5, 0.6) is 0 Å². The van der Waals surface area contributed by atoms with Crippen LogP contribution in [-0.4, -0.2) is 29.4 Å². The summed E-state index contributed by atoms with van der Waals surface area (Å²) in [5, 5.41) is 9.10. The summed E-state index contributed by atoms with van der Waals surface area (Å²) >= 11 is 0. The first-order valence-corrected chi connectivity index (χ1v) is 8.39. The van der Waals surface area contributed by atoms with Crippen molar-refractivity contribution in [3.05, 3.63) is 59.9 Å². The Labute approximate surface area is 146 Å². The molecular weight excluding hydrogens is 317 g/mol. The summed E-state index contributed by atoms with van der Waals surface area (Å²) < 4.78 is 13.0. The van der Waals surface area contributed by atoms with Crippen LogP contribution in [0.1, 0.15) is 18.4 Å². The molecular formula is C20H20FN3O. The average Bonchev–Trinajstić information content (AvgIpc) is 3.11. The van der Waals surface area contributed by atoms with E-state index in [4.69, 9.17) is 11.0 Å².